The Morgan fingerprint density at radius 2 is 2.07 bits per heavy atom. The number of anilines is 1. The van der Waals surface area contributed by atoms with Crippen molar-refractivity contribution < 1.29 is 4.79 Å². The van der Waals surface area contributed by atoms with Gasteiger partial charge in [-0.25, -0.2) is 0 Å². The maximum Gasteiger partial charge on any atom is 0.163 e. The Kier molecular flexibility index (Phi) is 2.58. The molecule has 0 spiro atoms. The molecular weight excluding hydrogens is 186 g/mol. The van der Waals surface area contributed by atoms with Crippen LogP contribution in [0.5, 0.6) is 0 Å². The molecule has 2 heteroatoms. The van der Waals surface area contributed by atoms with Gasteiger partial charge in [-0.3, -0.25) is 4.79 Å². The third-order valence-corrected chi connectivity index (χ3v) is 2.69. The van der Waals surface area contributed by atoms with Crippen molar-refractivity contribution in [2.45, 2.75) is 12.8 Å². The Morgan fingerprint density at radius 3 is 2.80 bits per heavy atom. The van der Waals surface area contributed by atoms with Crippen molar-refractivity contribution in [3.8, 4) is 0 Å². The summed E-state index contributed by atoms with van der Waals surface area (Å²) >= 11 is 0. The van der Waals surface area contributed by atoms with E-state index in [0.717, 1.165) is 23.2 Å². The summed E-state index contributed by atoms with van der Waals surface area (Å²) in [7, 11) is 4.01. The molecule has 0 radical (unpaired) electrons. The van der Waals surface area contributed by atoms with Gasteiger partial charge in [0.2, 0.25) is 0 Å². The van der Waals surface area contributed by atoms with Crippen molar-refractivity contribution in [2.24, 2.45) is 0 Å². The number of ketones is 1. The number of benzene rings is 1. The van der Waals surface area contributed by atoms with Crippen LogP contribution in [0, 0.1) is 0 Å². The van der Waals surface area contributed by atoms with Gasteiger partial charge in [0, 0.05) is 31.8 Å². The van der Waals surface area contributed by atoms with Crippen LogP contribution in [0.25, 0.3) is 6.08 Å². The Bertz CT molecular complexity index is 419. The first-order chi connectivity index (χ1) is 7.18. The van der Waals surface area contributed by atoms with Gasteiger partial charge in [0.25, 0.3) is 0 Å². The predicted molar refractivity (Wildman–Crippen MR) is 63.4 cm³/mol. The number of Topliss-reactive ketones (excluding diaryl/α,β-unsaturated/α-hetero) is 1. The molecule has 0 saturated carbocycles. The Hall–Kier alpha value is -1.57. The van der Waals surface area contributed by atoms with E-state index in [1.54, 1.807) is 0 Å². The van der Waals surface area contributed by atoms with Crippen LogP contribution in [0.3, 0.4) is 0 Å². The van der Waals surface area contributed by atoms with Gasteiger partial charge in [-0.15, -0.1) is 0 Å². The van der Waals surface area contributed by atoms with Gasteiger partial charge in [0.15, 0.2) is 5.78 Å². The maximum atomic E-state index is 11.7. The van der Waals surface area contributed by atoms with Gasteiger partial charge in [-0.05, 0) is 30.2 Å². The summed E-state index contributed by atoms with van der Waals surface area (Å²) in [5.74, 6) is 0.250. The van der Waals surface area contributed by atoms with Crippen molar-refractivity contribution in [3.63, 3.8) is 0 Å². The minimum absolute atomic E-state index is 0.250. The number of fused-ring (bicyclic) bond motifs is 1. The number of nitrogens with zero attached hydrogens (tertiary/aromatic N) is 1. The summed E-state index contributed by atoms with van der Waals surface area (Å²) < 4.78 is 0. The fraction of sp³-hybridized carbons (Fsp3) is 0.308. The number of allylic oxidation sites excluding steroid dienone is 1. The summed E-state index contributed by atoms with van der Waals surface area (Å²) in [6, 6.07) is 5.99. The lowest BCUT2D eigenvalue weighted by atomic mass is 10.0. The van der Waals surface area contributed by atoms with Crippen LogP contribution in [0.1, 0.15) is 28.8 Å². The third kappa shape index (κ3) is 1.94. The molecule has 0 aromatic heterocycles. The number of hydrogen-bond donors (Lipinski definition) is 0. The molecule has 0 atom stereocenters. The number of rotatable bonds is 1. The first kappa shape index (κ1) is 9.97. The van der Waals surface area contributed by atoms with Crippen LogP contribution in [0.2, 0.25) is 0 Å². The summed E-state index contributed by atoms with van der Waals surface area (Å²) in [4.78, 5) is 13.8. The van der Waals surface area contributed by atoms with E-state index in [-0.39, 0.29) is 5.78 Å². The molecule has 1 aliphatic carbocycles. The molecule has 0 heterocycles. The second-order valence-electron chi connectivity index (χ2n) is 4.03. The molecule has 2 rings (SSSR count). The normalized spacial score (nSPS) is 14.7. The maximum absolute atomic E-state index is 11.7. The van der Waals surface area contributed by atoms with Crippen LogP contribution in [-0.4, -0.2) is 19.9 Å². The van der Waals surface area contributed by atoms with Crippen LogP contribution in [0.15, 0.2) is 24.3 Å². The van der Waals surface area contributed by atoms with Crippen molar-refractivity contribution in [1.82, 2.24) is 0 Å². The second kappa shape index (κ2) is 3.89. The van der Waals surface area contributed by atoms with Gasteiger partial charge in [0.1, 0.15) is 0 Å². The van der Waals surface area contributed by atoms with Gasteiger partial charge >= 0.3 is 0 Å². The zero-order chi connectivity index (χ0) is 10.8. The van der Waals surface area contributed by atoms with Crippen molar-refractivity contribution in [3.05, 3.63) is 35.4 Å². The molecule has 0 amide bonds. The highest BCUT2D eigenvalue weighted by Crippen LogP contribution is 2.23. The van der Waals surface area contributed by atoms with Crippen molar-refractivity contribution in [1.29, 1.82) is 0 Å². The van der Waals surface area contributed by atoms with E-state index in [1.165, 1.54) is 0 Å². The molecule has 0 N–H and O–H groups in total. The molecule has 0 aliphatic heterocycles. The number of carbonyl (C=O) groups is 1. The molecular formula is C13H15NO. The van der Waals surface area contributed by atoms with Crippen LogP contribution >= 0.6 is 0 Å². The van der Waals surface area contributed by atoms with Crippen molar-refractivity contribution >= 4 is 17.5 Å². The van der Waals surface area contributed by atoms with Gasteiger partial charge < -0.3 is 4.90 Å². The van der Waals surface area contributed by atoms with Crippen LogP contribution < -0.4 is 4.90 Å². The predicted octanol–water partition coefficient (Wildman–Crippen LogP) is 2.74. The van der Waals surface area contributed by atoms with E-state index in [1.807, 2.05) is 37.2 Å². The Morgan fingerprint density at radius 1 is 1.27 bits per heavy atom. The molecule has 1 aromatic rings. The van der Waals surface area contributed by atoms with Gasteiger partial charge in [-0.2, -0.15) is 0 Å². The molecule has 0 saturated heterocycles. The third-order valence-electron chi connectivity index (χ3n) is 2.69. The summed E-state index contributed by atoms with van der Waals surface area (Å²) in [6.07, 6.45) is 5.60. The first-order valence-electron chi connectivity index (χ1n) is 5.19. The van der Waals surface area contributed by atoms with Gasteiger partial charge in [-0.1, -0.05) is 12.2 Å². The fourth-order valence-electron chi connectivity index (χ4n) is 1.78. The molecule has 78 valence electrons. The molecule has 1 aliphatic rings. The summed E-state index contributed by atoms with van der Waals surface area (Å²) in [6.45, 7) is 0. The van der Waals surface area contributed by atoms with Crippen molar-refractivity contribution in [2.75, 3.05) is 19.0 Å². The quantitative estimate of drug-likeness (QED) is 0.696. The Labute approximate surface area is 90.2 Å². The lowest BCUT2D eigenvalue weighted by molar-refractivity contribution is 0.0984. The summed E-state index contributed by atoms with van der Waals surface area (Å²) in [5, 5.41) is 0. The topological polar surface area (TPSA) is 20.3 Å². The highest BCUT2D eigenvalue weighted by Gasteiger charge is 2.12. The van der Waals surface area contributed by atoms with E-state index >= 15 is 0 Å². The van der Waals surface area contributed by atoms with E-state index in [0.29, 0.717) is 6.42 Å². The molecule has 0 unspecified atom stereocenters. The van der Waals surface area contributed by atoms with E-state index in [4.69, 9.17) is 0 Å². The molecule has 0 fully saturated rings. The highest BCUT2D eigenvalue weighted by molar-refractivity contribution is 6.00. The van der Waals surface area contributed by atoms with Gasteiger partial charge in [0.05, 0.1) is 0 Å². The second-order valence-corrected chi connectivity index (χ2v) is 4.03. The smallest absolute Gasteiger partial charge is 0.163 e. The minimum atomic E-state index is 0.250. The lowest BCUT2D eigenvalue weighted by Crippen LogP contribution is -2.09. The number of hydrogen-bond acceptors (Lipinski definition) is 2. The van der Waals surface area contributed by atoms with Crippen LogP contribution in [0.4, 0.5) is 5.69 Å². The SMILES string of the molecule is CN(C)c1ccc2c(c1)C=CCCC2=O. The largest absolute Gasteiger partial charge is 0.378 e. The van der Waals surface area contributed by atoms with E-state index < -0.39 is 0 Å². The monoisotopic (exact) mass is 201 g/mol. The van der Waals surface area contributed by atoms with Crippen LogP contribution in [-0.2, 0) is 0 Å². The average molecular weight is 201 g/mol. The first-order valence-corrected chi connectivity index (χ1v) is 5.19. The average Bonchev–Trinajstić information content (AvgIpc) is 2.40. The lowest BCUT2D eigenvalue weighted by Gasteiger charge is -2.14. The molecule has 2 nitrogen and oxygen atoms in total. The van der Waals surface area contributed by atoms with E-state index in [2.05, 4.69) is 12.1 Å². The number of carbonyl (C=O) groups excluding carboxylic acids is 1. The van der Waals surface area contributed by atoms with E-state index in [9.17, 15) is 4.79 Å². The summed E-state index contributed by atoms with van der Waals surface area (Å²) in [5.41, 5.74) is 3.03. The Balaban J connectivity index is 2.50. The zero-order valence-electron chi connectivity index (χ0n) is 9.16. The molecule has 15 heavy (non-hydrogen) atoms. The standard InChI is InChI=1S/C13H15NO/c1-14(2)11-7-8-12-10(9-11)5-3-4-6-13(12)15/h3,5,7-9H,4,6H2,1-2H3. The fourth-order valence-corrected chi connectivity index (χ4v) is 1.78. The zero-order valence-corrected chi connectivity index (χ0v) is 9.16. The molecule has 0 bridgehead atoms. The molecule has 1 aromatic carbocycles. The highest BCUT2D eigenvalue weighted by atomic mass is 16.1. The minimum Gasteiger partial charge on any atom is -0.378 e.